The number of rotatable bonds is 7. The van der Waals surface area contributed by atoms with Gasteiger partial charge in [-0.25, -0.2) is 4.39 Å². The molecule has 1 N–H and O–H groups in total. The van der Waals surface area contributed by atoms with Crippen LogP contribution in [-0.2, 0) is 18.3 Å². The number of halogens is 1. The van der Waals surface area contributed by atoms with Crippen molar-refractivity contribution in [3.63, 3.8) is 0 Å². The van der Waals surface area contributed by atoms with Crippen molar-refractivity contribution in [1.82, 2.24) is 14.9 Å². The zero-order valence-corrected chi connectivity index (χ0v) is 16.9. The van der Waals surface area contributed by atoms with Gasteiger partial charge in [0.2, 0.25) is 5.91 Å². The average Bonchev–Trinajstić information content (AvgIpc) is 3.10. The summed E-state index contributed by atoms with van der Waals surface area (Å²) in [4.78, 5) is 17.1. The number of hydrogen-bond acceptors (Lipinski definition) is 2. The Morgan fingerprint density at radius 3 is 2.60 bits per heavy atom. The summed E-state index contributed by atoms with van der Waals surface area (Å²) >= 11 is 0. The van der Waals surface area contributed by atoms with Gasteiger partial charge in [0, 0.05) is 61.3 Å². The van der Waals surface area contributed by atoms with E-state index in [2.05, 4.69) is 33.2 Å². The summed E-state index contributed by atoms with van der Waals surface area (Å²) in [5, 5.41) is 4.11. The van der Waals surface area contributed by atoms with E-state index in [1.807, 2.05) is 37.4 Å². The van der Waals surface area contributed by atoms with Gasteiger partial charge in [0.1, 0.15) is 5.82 Å². The number of pyridine rings is 1. The molecular weight excluding hydrogens is 377 g/mol. The molecule has 2 aromatic heterocycles. The number of aromatic nitrogens is 2. The van der Waals surface area contributed by atoms with Crippen molar-refractivity contribution < 1.29 is 9.18 Å². The Morgan fingerprint density at radius 1 is 1.07 bits per heavy atom. The molecule has 1 atom stereocenters. The van der Waals surface area contributed by atoms with Gasteiger partial charge in [-0.1, -0.05) is 36.4 Å². The lowest BCUT2D eigenvalue weighted by molar-refractivity contribution is -0.121. The van der Waals surface area contributed by atoms with Gasteiger partial charge in [-0.15, -0.1) is 0 Å². The first-order valence-electron chi connectivity index (χ1n) is 10.1. The number of fused-ring (bicyclic) bond motifs is 1. The fourth-order valence-corrected chi connectivity index (χ4v) is 3.89. The Morgan fingerprint density at radius 2 is 1.83 bits per heavy atom. The van der Waals surface area contributed by atoms with Crippen molar-refractivity contribution in [2.45, 2.75) is 18.8 Å². The third-order valence-electron chi connectivity index (χ3n) is 5.39. The molecule has 0 saturated carbocycles. The molecule has 0 radical (unpaired) electrons. The summed E-state index contributed by atoms with van der Waals surface area (Å²) in [6.45, 7) is 0.529. The van der Waals surface area contributed by atoms with E-state index in [1.54, 1.807) is 18.3 Å². The monoisotopic (exact) mass is 401 g/mol. The predicted octanol–water partition coefficient (Wildman–Crippen LogP) is 4.59. The van der Waals surface area contributed by atoms with E-state index in [-0.39, 0.29) is 17.6 Å². The highest BCUT2D eigenvalue weighted by Gasteiger charge is 2.22. The molecule has 2 heterocycles. The normalized spacial score (nSPS) is 12.1. The van der Waals surface area contributed by atoms with Crippen molar-refractivity contribution >= 4 is 16.8 Å². The molecule has 5 heteroatoms. The van der Waals surface area contributed by atoms with Crippen molar-refractivity contribution in [2.75, 3.05) is 6.54 Å². The quantitative estimate of drug-likeness (QED) is 0.492. The lowest BCUT2D eigenvalue weighted by Crippen LogP contribution is -2.27. The first-order chi connectivity index (χ1) is 14.6. The van der Waals surface area contributed by atoms with Gasteiger partial charge in [0.05, 0.1) is 0 Å². The summed E-state index contributed by atoms with van der Waals surface area (Å²) in [5.74, 6) is -0.477. The van der Waals surface area contributed by atoms with E-state index in [0.29, 0.717) is 19.4 Å². The molecule has 4 aromatic rings. The van der Waals surface area contributed by atoms with Crippen molar-refractivity contribution in [3.8, 4) is 0 Å². The Bertz CT molecular complexity index is 1140. The maximum atomic E-state index is 13.5. The average molecular weight is 401 g/mol. The molecule has 152 valence electrons. The Kier molecular flexibility index (Phi) is 5.89. The van der Waals surface area contributed by atoms with Crippen molar-refractivity contribution in [3.05, 3.63) is 102 Å². The molecular formula is C25H24FN3O. The molecule has 1 amide bonds. The zero-order chi connectivity index (χ0) is 20.9. The number of aryl methyl sites for hydroxylation is 1. The Labute approximate surface area is 175 Å². The fourth-order valence-electron chi connectivity index (χ4n) is 3.89. The van der Waals surface area contributed by atoms with Gasteiger partial charge in [-0.2, -0.15) is 0 Å². The maximum absolute atomic E-state index is 13.5. The van der Waals surface area contributed by atoms with Crippen LogP contribution < -0.4 is 5.32 Å². The summed E-state index contributed by atoms with van der Waals surface area (Å²) in [6, 6.07) is 20.3. The number of carbonyl (C=O) groups is 1. The van der Waals surface area contributed by atoms with Crippen molar-refractivity contribution in [1.29, 1.82) is 0 Å². The molecule has 4 rings (SSSR count). The van der Waals surface area contributed by atoms with E-state index in [0.717, 1.165) is 27.7 Å². The molecule has 0 bridgehead atoms. The van der Waals surface area contributed by atoms with Crippen LogP contribution in [0.1, 0.15) is 29.2 Å². The van der Waals surface area contributed by atoms with Crippen LogP contribution in [0.25, 0.3) is 10.9 Å². The SMILES string of the molecule is Cn1cc([C@H](CC(=O)NCCc2ccccn2)c2ccc(F)cc2)c2ccccc21. The molecule has 0 aliphatic rings. The fraction of sp³-hybridized carbons (Fsp3) is 0.200. The van der Waals surface area contributed by atoms with Crippen LogP contribution in [0.3, 0.4) is 0 Å². The number of amides is 1. The van der Waals surface area contributed by atoms with E-state index in [4.69, 9.17) is 0 Å². The lowest BCUT2D eigenvalue weighted by atomic mass is 9.88. The van der Waals surface area contributed by atoms with Crippen LogP contribution in [0.15, 0.2) is 79.1 Å². The maximum Gasteiger partial charge on any atom is 0.220 e. The third kappa shape index (κ3) is 4.40. The summed E-state index contributed by atoms with van der Waals surface area (Å²) in [5.41, 5.74) is 4.05. The highest BCUT2D eigenvalue weighted by atomic mass is 19.1. The second-order valence-electron chi connectivity index (χ2n) is 7.44. The number of nitrogens with zero attached hydrogens (tertiary/aromatic N) is 2. The molecule has 0 aliphatic carbocycles. The van der Waals surface area contributed by atoms with E-state index < -0.39 is 0 Å². The summed E-state index contributed by atoms with van der Waals surface area (Å²) in [7, 11) is 2.00. The van der Waals surface area contributed by atoms with Gasteiger partial charge in [-0.05, 0) is 41.5 Å². The van der Waals surface area contributed by atoms with Crippen LogP contribution in [-0.4, -0.2) is 22.0 Å². The minimum atomic E-state index is -0.282. The van der Waals surface area contributed by atoms with Gasteiger partial charge >= 0.3 is 0 Å². The molecule has 2 aromatic carbocycles. The second-order valence-corrected chi connectivity index (χ2v) is 7.44. The van der Waals surface area contributed by atoms with Gasteiger partial charge < -0.3 is 9.88 Å². The number of hydrogen-bond donors (Lipinski definition) is 1. The summed E-state index contributed by atoms with van der Waals surface area (Å²) < 4.78 is 15.6. The lowest BCUT2D eigenvalue weighted by Gasteiger charge is -2.17. The molecule has 0 unspecified atom stereocenters. The molecule has 0 spiro atoms. The molecule has 0 saturated heterocycles. The van der Waals surface area contributed by atoms with Crippen LogP contribution in [0.4, 0.5) is 4.39 Å². The largest absolute Gasteiger partial charge is 0.356 e. The van der Waals surface area contributed by atoms with Crippen LogP contribution >= 0.6 is 0 Å². The van der Waals surface area contributed by atoms with Gasteiger partial charge in [0.25, 0.3) is 0 Å². The minimum absolute atomic E-state index is 0.0341. The smallest absolute Gasteiger partial charge is 0.220 e. The number of nitrogens with one attached hydrogen (secondary N) is 1. The van der Waals surface area contributed by atoms with E-state index in [1.165, 1.54) is 12.1 Å². The first kappa shape index (κ1) is 19.8. The molecule has 0 fully saturated rings. The highest BCUT2D eigenvalue weighted by molar-refractivity contribution is 5.86. The number of carbonyl (C=O) groups excluding carboxylic acids is 1. The van der Waals surface area contributed by atoms with Crippen LogP contribution in [0, 0.1) is 5.82 Å². The van der Waals surface area contributed by atoms with Gasteiger partial charge in [-0.3, -0.25) is 9.78 Å². The summed E-state index contributed by atoms with van der Waals surface area (Å²) in [6.07, 6.45) is 4.80. The second kappa shape index (κ2) is 8.91. The topological polar surface area (TPSA) is 46.9 Å². The molecule has 4 nitrogen and oxygen atoms in total. The van der Waals surface area contributed by atoms with Crippen molar-refractivity contribution in [2.24, 2.45) is 7.05 Å². The van der Waals surface area contributed by atoms with Crippen LogP contribution in [0.2, 0.25) is 0 Å². The molecule has 30 heavy (non-hydrogen) atoms. The number of para-hydroxylation sites is 1. The first-order valence-corrected chi connectivity index (χ1v) is 10.1. The third-order valence-corrected chi connectivity index (χ3v) is 5.39. The predicted molar refractivity (Wildman–Crippen MR) is 117 cm³/mol. The van der Waals surface area contributed by atoms with Gasteiger partial charge in [0.15, 0.2) is 0 Å². The highest BCUT2D eigenvalue weighted by Crippen LogP contribution is 2.34. The Hall–Kier alpha value is -3.47. The van der Waals surface area contributed by atoms with Crippen LogP contribution in [0.5, 0.6) is 0 Å². The standard InChI is InChI=1S/C25H24FN3O/c1-29-17-23(21-7-2-3-8-24(21)29)22(18-9-11-19(26)12-10-18)16-25(30)28-15-13-20-6-4-5-14-27-20/h2-12,14,17,22H,13,15-16H2,1H3,(H,28,30)/t22-/m1/s1. The van der Waals surface area contributed by atoms with E-state index >= 15 is 0 Å². The van der Waals surface area contributed by atoms with E-state index in [9.17, 15) is 9.18 Å². The minimum Gasteiger partial charge on any atom is -0.356 e. The molecule has 0 aliphatic heterocycles. The zero-order valence-electron chi connectivity index (χ0n) is 16.9. The number of benzene rings is 2. The Balaban J connectivity index is 1.56.